The van der Waals surface area contributed by atoms with E-state index in [0.717, 1.165) is 16.5 Å². The second-order valence-corrected chi connectivity index (χ2v) is 6.06. The van der Waals surface area contributed by atoms with E-state index in [9.17, 15) is 4.79 Å². The summed E-state index contributed by atoms with van der Waals surface area (Å²) in [5, 5.41) is 2.94. The third-order valence-corrected chi connectivity index (χ3v) is 4.01. The van der Waals surface area contributed by atoms with Crippen LogP contribution in [0.4, 0.5) is 4.79 Å². The number of carbonyl (C=O) groups excluding carboxylic acids is 1. The highest BCUT2D eigenvalue weighted by Crippen LogP contribution is 2.24. The van der Waals surface area contributed by atoms with Gasteiger partial charge in [-0.1, -0.05) is 28.1 Å². The van der Waals surface area contributed by atoms with E-state index in [-0.39, 0.29) is 12.1 Å². The maximum atomic E-state index is 12.2. The number of morpholine rings is 1. The highest BCUT2D eigenvalue weighted by atomic mass is 79.9. The topological polar surface area (TPSA) is 50.8 Å². The van der Waals surface area contributed by atoms with Crippen LogP contribution in [0.1, 0.15) is 25.0 Å². The molecule has 122 valence electrons. The van der Waals surface area contributed by atoms with E-state index in [2.05, 4.69) is 21.2 Å². The summed E-state index contributed by atoms with van der Waals surface area (Å²) in [5.41, 5.74) is 1.09. The molecular weight excluding hydrogens is 348 g/mol. The molecule has 1 unspecified atom stereocenters. The van der Waals surface area contributed by atoms with E-state index in [4.69, 9.17) is 9.47 Å². The molecule has 0 bridgehead atoms. The largest absolute Gasteiger partial charge is 0.382 e. The van der Waals surface area contributed by atoms with Gasteiger partial charge in [0.25, 0.3) is 0 Å². The molecule has 1 N–H and O–H groups in total. The lowest BCUT2D eigenvalue weighted by Gasteiger charge is -2.33. The van der Waals surface area contributed by atoms with Gasteiger partial charge in [-0.15, -0.1) is 0 Å². The number of ether oxygens (including phenoxy) is 2. The van der Waals surface area contributed by atoms with Crippen molar-refractivity contribution in [3.05, 3.63) is 34.3 Å². The fourth-order valence-corrected chi connectivity index (χ4v) is 2.78. The Hall–Kier alpha value is -1.11. The summed E-state index contributed by atoms with van der Waals surface area (Å²) >= 11 is 3.47. The van der Waals surface area contributed by atoms with E-state index in [1.807, 2.05) is 36.1 Å². The summed E-state index contributed by atoms with van der Waals surface area (Å²) in [6.45, 7) is 5.76. The van der Waals surface area contributed by atoms with Crippen LogP contribution in [0.2, 0.25) is 0 Å². The molecule has 1 fully saturated rings. The third kappa shape index (κ3) is 5.26. The lowest BCUT2D eigenvalue weighted by Crippen LogP contribution is -2.47. The number of rotatable bonds is 6. The van der Waals surface area contributed by atoms with E-state index in [1.165, 1.54) is 0 Å². The van der Waals surface area contributed by atoms with Gasteiger partial charge in [0.2, 0.25) is 0 Å². The molecule has 1 aliphatic rings. The van der Waals surface area contributed by atoms with Crippen LogP contribution in [0.5, 0.6) is 0 Å². The van der Waals surface area contributed by atoms with Crippen LogP contribution in [-0.2, 0) is 9.47 Å². The Kier molecular flexibility index (Phi) is 7.15. The number of nitrogens with one attached hydrogen (secondary N) is 1. The number of hydrogen-bond acceptors (Lipinski definition) is 3. The van der Waals surface area contributed by atoms with Crippen LogP contribution in [0.15, 0.2) is 28.7 Å². The average Bonchev–Trinajstić information content (AvgIpc) is 2.54. The van der Waals surface area contributed by atoms with Crippen molar-refractivity contribution in [2.75, 3.05) is 39.5 Å². The molecule has 1 aromatic carbocycles. The maximum Gasteiger partial charge on any atom is 0.317 e. The third-order valence-electron chi connectivity index (χ3n) is 3.52. The Bertz CT molecular complexity index is 484. The molecular formula is C16H23BrN2O3. The highest BCUT2D eigenvalue weighted by molar-refractivity contribution is 9.10. The van der Waals surface area contributed by atoms with E-state index < -0.39 is 0 Å². The first-order valence-electron chi connectivity index (χ1n) is 7.68. The highest BCUT2D eigenvalue weighted by Gasteiger charge is 2.25. The van der Waals surface area contributed by atoms with Gasteiger partial charge < -0.3 is 19.7 Å². The molecule has 5 nitrogen and oxygen atoms in total. The van der Waals surface area contributed by atoms with Gasteiger partial charge >= 0.3 is 6.03 Å². The molecule has 1 atom stereocenters. The van der Waals surface area contributed by atoms with Crippen LogP contribution in [0.25, 0.3) is 0 Å². The van der Waals surface area contributed by atoms with E-state index in [1.54, 1.807) is 0 Å². The summed E-state index contributed by atoms with van der Waals surface area (Å²) in [5.74, 6) is 0. The summed E-state index contributed by atoms with van der Waals surface area (Å²) in [6, 6.07) is 8.00. The zero-order chi connectivity index (χ0) is 15.8. The van der Waals surface area contributed by atoms with Crippen molar-refractivity contribution in [1.29, 1.82) is 0 Å². The second-order valence-electron chi connectivity index (χ2n) is 5.14. The predicted molar refractivity (Wildman–Crippen MR) is 88.9 cm³/mol. The summed E-state index contributed by atoms with van der Waals surface area (Å²) in [7, 11) is 0. The monoisotopic (exact) mass is 370 g/mol. The lowest BCUT2D eigenvalue weighted by molar-refractivity contribution is -0.0154. The number of benzene rings is 1. The van der Waals surface area contributed by atoms with E-state index >= 15 is 0 Å². The molecule has 0 radical (unpaired) electrons. The second kappa shape index (κ2) is 9.12. The van der Waals surface area contributed by atoms with E-state index in [0.29, 0.717) is 39.5 Å². The van der Waals surface area contributed by atoms with Crippen LogP contribution in [0.3, 0.4) is 0 Å². The minimum absolute atomic E-state index is 0.0280. The number of halogens is 1. The Balaban J connectivity index is 1.81. The van der Waals surface area contributed by atoms with Crippen LogP contribution in [-0.4, -0.2) is 50.4 Å². The first-order chi connectivity index (χ1) is 10.7. The number of hydrogen-bond donors (Lipinski definition) is 1. The van der Waals surface area contributed by atoms with Gasteiger partial charge in [-0.25, -0.2) is 4.79 Å². The molecule has 1 aromatic rings. The quantitative estimate of drug-likeness (QED) is 0.783. The molecule has 1 heterocycles. The van der Waals surface area contributed by atoms with Crippen LogP contribution >= 0.6 is 15.9 Å². The number of amides is 2. The van der Waals surface area contributed by atoms with Gasteiger partial charge in [0, 0.05) is 30.8 Å². The minimum Gasteiger partial charge on any atom is -0.382 e. The zero-order valence-corrected chi connectivity index (χ0v) is 14.5. The SMILES string of the molecule is CCOCCCNC(=O)N1CCOC(c2cccc(Br)c2)C1. The normalized spacial score (nSPS) is 18.3. The summed E-state index contributed by atoms with van der Waals surface area (Å²) in [6.07, 6.45) is 0.763. The van der Waals surface area contributed by atoms with Gasteiger partial charge in [-0.3, -0.25) is 0 Å². The molecule has 1 aliphatic heterocycles. The Morgan fingerprint density at radius 3 is 3.18 bits per heavy atom. The Labute approximate surface area is 140 Å². The lowest BCUT2D eigenvalue weighted by atomic mass is 10.1. The van der Waals surface area contributed by atoms with Crippen molar-refractivity contribution in [3.63, 3.8) is 0 Å². The Morgan fingerprint density at radius 2 is 2.41 bits per heavy atom. The predicted octanol–water partition coefficient (Wildman–Crippen LogP) is 2.96. The fraction of sp³-hybridized carbons (Fsp3) is 0.562. The summed E-state index contributed by atoms with van der Waals surface area (Å²) in [4.78, 5) is 14.0. The first-order valence-corrected chi connectivity index (χ1v) is 8.47. The van der Waals surface area contributed by atoms with Crippen LogP contribution in [0, 0.1) is 0 Å². The van der Waals surface area contributed by atoms with Crippen molar-refractivity contribution in [3.8, 4) is 0 Å². The van der Waals surface area contributed by atoms with Crippen LogP contribution < -0.4 is 5.32 Å². The standard InChI is InChI=1S/C16H23BrN2O3/c1-2-21-9-4-7-18-16(20)19-8-10-22-15(12-19)13-5-3-6-14(17)11-13/h3,5-6,11,15H,2,4,7-10,12H2,1H3,(H,18,20). The number of urea groups is 1. The molecule has 2 rings (SSSR count). The van der Waals surface area contributed by atoms with Crippen molar-refractivity contribution in [1.82, 2.24) is 10.2 Å². The van der Waals surface area contributed by atoms with Gasteiger partial charge in [0.15, 0.2) is 0 Å². The van der Waals surface area contributed by atoms with Crippen molar-refractivity contribution < 1.29 is 14.3 Å². The molecule has 1 saturated heterocycles. The molecule has 0 saturated carbocycles. The van der Waals surface area contributed by atoms with Crippen molar-refractivity contribution >= 4 is 22.0 Å². The summed E-state index contributed by atoms with van der Waals surface area (Å²) < 4.78 is 12.1. The molecule has 0 aliphatic carbocycles. The zero-order valence-electron chi connectivity index (χ0n) is 12.9. The number of carbonyl (C=O) groups is 1. The van der Waals surface area contributed by atoms with Gasteiger partial charge in [-0.2, -0.15) is 0 Å². The maximum absolute atomic E-state index is 12.2. The molecule has 0 spiro atoms. The van der Waals surface area contributed by atoms with Gasteiger partial charge in [-0.05, 0) is 31.0 Å². The minimum atomic E-state index is -0.0691. The number of nitrogens with zero attached hydrogens (tertiary/aromatic N) is 1. The van der Waals surface area contributed by atoms with Gasteiger partial charge in [0.1, 0.15) is 6.10 Å². The van der Waals surface area contributed by atoms with Crippen molar-refractivity contribution in [2.24, 2.45) is 0 Å². The molecule has 22 heavy (non-hydrogen) atoms. The smallest absolute Gasteiger partial charge is 0.317 e. The first kappa shape index (κ1) is 17.2. The Morgan fingerprint density at radius 1 is 1.55 bits per heavy atom. The molecule has 6 heteroatoms. The van der Waals surface area contributed by atoms with Gasteiger partial charge in [0.05, 0.1) is 13.2 Å². The molecule has 2 amide bonds. The van der Waals surface area contributed by atoms with Crippen molar-refractivity contribution in [2.45, 2.75) is 19.4 Å². The average molecular weight is 371 g/mol. The fourth-order valence-electron chi connectivity index (χ4n) is 2.37. The molecule has 0 aromatic heterocycles.